The number of amides is 2. The summed E-state index contributed by atoms with van der Waals surface area (Å²) in [4.78, 5) is 16.9. The predicted molar refractivity (Wildman–Crippen MR) is 96.4 cm³/mol. The summed E-state index contributed by atoms with van der Waals surface area (Å²) in [5, 5.41) is 9.98. The molecule has 2 N–H and O–H groups in total. The largest absolute Gasteiger partial charge is 0.377 e. The molecule has 128 valence electrons. The lowest BCUT2D eigenvalue weighted by Gasteiger charge is -2.35. The number of rotatable bonds is 3. The van der Waals surface area contributed by atoms with Gasteiger partial charge in [0.05, 0.1) is 12.2 Å². The Morgan fingerprint density at radius 1 is 1.38 bits per heavy atom. The van der Waals surface area contributed by atoms with E-state index in [0.717, 1.165) is 48.3 Å². The fraction of sp³-hybridized carbons (Fsp3) is 0.444. The van der Waals surface area contributed by atoms with Gasteiger partial charge in [-0.1, -0.05) is 6.07 Å². The highest BCUT2D eigenvalue weighted by atomic mass is 16.2. The molecule has 1 atom stereocenters. The van der Waals surface area contributed by atoms with Crippen molar-refractivity contribution in [2.45, 2.75) is 32.2 Å². The fourth-order valence-electron chi connectivity index (χ4n) is 3.39. The van der Waals surface area contributed by atoms with Gasteiger partial charge in [0.1, 0.15) is 0 Å². The van der Waals surface area contributed by atoms with Crippen molar-refractivity contribution in [3.63, 3.8) is 0 Å². The van der Waals surface area contributed by atoms with Gasteiger partial charge in [-0.15, -0.1) is 0 Å². The zero-order valence-electron chi connectivity index (χ0n) is 14.5. The quantitative estimate of drug-likeness (QED) is 0.906. The molecule has 0 saturated carbocycles. The van der Waals surface area contributed by atoms with Crippen molar-refractivity contribution in [2.24, 2.45) is 0 Å². The van der Waals surface area contributed by atoms with E-state index < -0.39 is 0 Å². The van der Waals surface area contributed by atoms with Crippen LogP contribution in [0.3, 0.4) is 0 Å². The number of carbonyl (C=O) groups excluding carboxylic acids is 1. The average Bonchev–Trinajstić information content (AvgIpc) is 3.11. The van der Waals surface area contributed by atoms with E-state index in [1.807, 2.05) is 50.4 Å². The number of aromatic amines is 1. The highest BCUT2D eigenvalue weighted by Crippen LogP contribution is 2.32. The predicted octanol–water partition coefficient (Wildman–Crippen LogP) is 3.54. The average molecular weight is 327 g/mol. The minimum atomic E-state index is -0.0418. The van der Waals surface area contributed by atoms with E-state index in [1.165, 1.54) is 0 Å². The molecule has 0 bridgehead atoms. The molecule has 1 aromatic heterocycles. The first-order valence-electron chi connectivity index (χ1n) is 8.41. The van der Waals surface area contributed by atoms with Crippen molar-refractivity contribution in [2.75, 3.05) is 30.9 Å². The number of nitrogens with one attached hydrogen (secondary N) is 2. The SMILES string of the molecule is Cc1c(NC(=O)N2CCCCC2c2cn[nH]c2)cccc1N(C)C. The molecule has 1 aliphatic heterocycles. The summed E-state index contributed by atoms with van der Waals surface area (Å²) >= 11 is 0. The van der Waals surface area contributed by atoms with E-state index in [4.69, 9.17) is 0 Å². The second-order valence-corrected chi connectivity index (χ2v) is 6.51. The van der Waals surface area contributed by atoms with E-state index in [-0.39, 0.29) is 12.1 Å². The molecule has 2 amide bonds. The van der Waals surface area contributed by atoms with E-state index in [1.54, 1.807) is 0 Å². The Labute approximate surface area is 142 Å². The number of aromatic nitrogens is 2. The molecule has 2 heterocycles. The number of hydrogen-bond acceptors (Lipinski definition) is 3. The summed E-state index contributed by atoms with van der Waals surface area (Å²) in [6.45, 7) is 2.81. The maximum atomic E-state index is 12.9. The number of urea groups is 1. The van der Waals surface area contributed by atoms with Crippen molar-refractivity contribution in [1.29, 1.82) is 0 Å². The van der Waals surface area contributed by atoms with E-state index in [9.17, 15) is 4.79 Å². The van der Waals surface area contributed by atoms with Crippen LogP contribution in [0.1, 0.15) is 36.4 Å². The van der Waals surface area contributed by atoms with Gasteiger partial charge in [0.2, 0.25) is 0 Å². The third-order valence-electron chi connectivity index (χ3n) is 4.70. The van der Waals surface area contributed by atoms with Crippen molar-refractivity contribution in [3.05, 3.63) is 41.7 Å². The third-order valence-corrected chi connectivity index (χ3v) is 4.70. The molecule has 1 aromatic carbocycles. The maximum Gasteiger partial charge on any atom is 0.322 e. The molecule has 3 rings (SSSR count). The summed E-state index contributed by atoms with van der Waals surface area (Å²) in [6.07, 6.45) is 6.85. The van der Waals surface area contributed by atoms with Crippen LogP contribution in [0.25, 0.3) is 0 Å². The number of H-pyrrole nitrogens is 1. The van der Waals surface area contributed by atoms with Crippen LogP contribution in [0.5, 0.6) is 0 Å². The number of piperidine rings is 1. The van der Waals surface area contributed by atoms with Crippen LogP contribution in [-0.2, 0) is 0 Å². The first kappa shape index (κ1) is 16.4. The molecule has 1 fully saturated rings. The number of benzene rings is 1. The Morgan fingerprint density at radius 2 is 2.21 bits per heavy atom. The monoisotopic (exact) mass is 327 g/mol. The zero-order chi connectivity index (χ0) is 17.1. The van der Waals surface area contributed by atoms with Crippen molar-refractivity contribution in [3.8, 4) is 0 Å². The van der Waals surface area contributed by atoms with Gasteiger partial charge in [-0.25, -0.2) is 4.79 Å². The Morgan fingerprint density at radius 3 is 2.92 bits per heavy atom. The van der Waals surface area contributed by atoms with Gasteiger partial charge < -0.3 is 15.1 Å². The third kappa shape index (κ3) is 3.22. The molecule has 1 saturated heterocycles. The number of anilines is 2. The van der Waals surface area contributed by atoms with Gasteiger partial charge in [-0.05, 0) is 43.9 Å². The number of likely N-dealkylation sites (tertiary alicyclic amines) is 1. The van der Waals surface area contributed by atoms with Gasteiger partial charge in [-0.2, -0.15) is 5.10 Å². The molecule has 6 nitrogen and oxygen atoms in total. The Bertz CT molecular complexity index is 695. The number of hydrogen-bond donors (Lipinski definition) is 2. The van der Waals surface area contributed by atoms with Crippen LogP contribution >= 0.6 is 0 Å². The lowest BCUT2D eigenvalue weighted by atomic mass is 9.98. The first-order chi connectivity index (χ1) is 11.6. The van der Waals surface area contributed by atoms with E-state index in [2.05, 4.69) is 26.5 Å². The summed E-state index contributed by atoms with van der Waals surface area (Å²) in [6, 6.07) is 6.04. The van der Waals surface area contributed by atoms with Crippen LogP contribution < -0.4 is 10.2 Å². The minimum absolute atomic E-state index is 0.0418. The molecule has 24 heavy (non-hydrogen) atoms. The summed E-state index contributed by atoms with van der Waals surface area (Å²) in [7, 11) is 4.01. The Balaban J connectivity index is 1.80. The van der Waals surface area contributed by atoms with Gasteiger partial charge in [0.25, 0.3) is 0 Å². The smallest absolute Gasteiger partial charge is 0.322 e. The van der Waals surface area contributed by atoms with Gasteiger partial charge in [0, 0.05) is 43.8 Å². The number of nitrogens with zero attached hydrogens (tertiary/aromatic N) is 3. The van der Waals surface area contributed by atoms with Crippen LogP contribution in [0.4, 0.5) is 16.2 Å². The Hall–Kier alpha value is -2.50. The molecule has 2 aromatic rings. The van der Waals surface area contributed by atoms with Crippen LogP contribution in [0, 0.1) is 6.92 Å². The molecule has 0 radical (unpaired) electrons. The Kier molecular flexibility index (Phi) is 4.74. The van der Waals surface area contributed by atoms with Crippen molar-refractivity contribution < 1.29 is 4.79 Å². The van der Waals surface area contributed by atoms with Gasteiger partial charge >= 0.3 is 6.03 Å². The molecular formula is C18H25N5O. The maximum absolute atomic E-state index is 12.9. The van der Waals surface area contributed by atoms with Crippen molar-refractivity contribution in [1.82, 2.24) is 15.1 Å². The lowest BCUT2D eigenvalue weighted by Crippen LogP contribution is -2.41. The fourth-order valence-corrected chi connectivity index (χ4v) is 3.39. The topological polar surface area (TPSA) is 64.3 Å². The van der Waals surface area contributed by atoms with Gasteiger partial charge in [0.15, 0.2) is 0 Å². The zero-order valence-corrected chi connectivity index (χ0v) is 14.5. The highest BCUT2D eigenvalue weighted by molar-refractivity contribution is 5.91. The molecule has 1 aliphatic rings. The van der Waals surface area contributed by atoms with E-state index in [0.29, 0.717) is 0 Å². The number of carbonyl (C=O) groups is 1. The van der Waals surface area contributed by atoms with Crippen LogP contribution in [0.2, 0.25) is 0 Å². The minimum Gasteiger partial charge on any atom is -0.377 e. The van der Waals surface area contributed by atoms with E-state index >= 15 is 0 Å². The standard InChI is InChI=1S/C18H25N5O/c1-13-15(7-6-9-16(13)22(2)3)21-18(24)23-10-5-4-8-17(23)14-11-19-20-12-14/h6-7,9,11-12,17H,4-5,8,10H2,1-3H3,(H,19,20)(H,21,24). The first-order valence-corrected chi connectivity index (χ1v) is 8.41. The molecule has 0 aliphatic carbocycles. The lowest BCUT2D eigenvalue weighted by molar-refractivity contribution is 0.163. The molecule has 0 spiro atoms. The molecule has 6 heteroatoms. The normalized spacial score (nSPS) is 17.6. The second kappa shape index (κ2) is 6.95. The highest BCUT2D eigenvalue weighted by Gasteiger charge is 2.28. The molecule has 1 unspecified atom stereocenters. The second-order valence-electron chi connectivity index (χ2n) is 6.51. The summed E-state index contributed by atoms with van der Waals surface area (Å²) in [5.41, 5.74) is 4.12. The summed E-state index contributed by atoms with van der Waals surface area (Å²) < 4.78 is 0. The van der Waals surface area contributed by atoms with Crippen LogP contribution in [-0.4, -0.2) is 41.8 Å². The molecular weight excluding hydrogens is 302 g/mol. The summed E-state index contributed by atoms with van der Waals surface area (Å²) in [5.74, 6) is 0. The van der Waals surface area contributed by atoms with Crippen molar-refractivity contribution >= 4 is 17.4 Å². The van der Waals surface area contributed by atoms with Crippen LogP contribution in [0.15, 0.2) is 30.6 Å². The van der Waals surface area contributed by atoms with Gasteiger partial charge in [-0.3, -0.25) is 5.10 Å².